The summed E-state index contributed by atoms with van der Waals surface area (Å²) in [6.07, 6.45) is 1.54. The van der Waals surface area contributed by atoms with Gasteiger partial charge in [0.25, 0.3) is 17.8 Å². The highest BCUT2D eigenvalue weighted by molar-refractivity contribution is 8.00. The molecule has 2 amide bonds. The fourth-order valence-corrected chi connectivity index (χ4v) is 6.22. The highest BCUT2D eigenvalue weighted by atomic mass is 32.2. The van der Waals surface area contributed by atoms with Crippen LogP contribution >= 0.6 is 23.1 Å². The number of aromatic nitrogens is 2. The molecule has 13 nitrogen and oxygen atoms in total. The van der Waals surface area contributed by atoms with E-state index in [0.717, 1.165) is 21.7 Å². The molecule has 2 atom stereocenters. The molecule has 0 bridgehead atoms. The van der Waals surface area contributed by atoms with Crippen LogP contribution in [0.5, 0.6) is 0 Å². The van der Waals surface area contributed by atoms with Gasteiger partial charge < -0.3 is 35.3 Å². The molecule has 16 heteroatoms. The lowest BCUT2D eigenvalue weighted by Gasteiger charge is -2.50. The van der Waals surface area contributed by atoms with Gasteiger partial charge >= 0.3 is 0 Å². The molecule has 4 heterocycles. The van der Waals surface area contributed by atoms with E-state index in [1.54, 1.807) is 0 Å². The number of halogens is 1. The number of alkyl halides is 1. The van der Waals surface area contributed by atoms with Gasteiger partial charge in [0.1, 0.15) is 36.7 Å². The Labute approximate surface area is 217 Å². The Bertz CT molecular complexity index is 1280. The summed E-state index contributed by atoms with van der Waals surface area (Å²) in [7, 11) is 0. The van der Waals surface area contributed by atoms with Crippen LogP contribution in [0.2, 0.25) is 0 Å². The summed E-state index contributed by atoms with van der Waals surface area (Å²) in [6.45, 7) is 0.845. The number of carbonyl (C=O) groups is 3. The molecule has 0 aliphatic carbocycles. The monoisotopic (exact) mass is 554 g/mol. The van der Waals surface area contributed by atoms with Crippen LogP contribution in [0, 0.1) is 6.92 Å². The molecule has 198 valence electrons. The second-order valence-corrected chi connectivity index (χ2v) is 10.0. The van der Waals surface area contributed by atoms with E-state index in [9.17, 15) is 29.0 Å². The SMILES string of the molecule is Cc1c(CCO)sc[n+]1CC1=C(C(=O)[O-])N2C(=O)[C@@H](NC(=O)/C(=N\OCCF)c3coc(N)n3)[C@H]2SC1. The summed E-state index contributed by atoms with van der Waals surface area (Å²) >= 11 is 2.74. The van der Waals surface area contributed by atoms with Crippen LogP contribution in [0.3, 0.4) is 0 Å². The number of thiazole rings is 1. The maximum atomic E-state index is 13.0. The number of fused-ring (bicyclic) bond motifs is 1. The summed E-state index contributed by atoms with van der Waals surface area (Å²) in [4.78, 5) is 48.6. The number of rotatable bonds is 11. The first-order valence-electron chi connectivity index (χ1n) is 11.0. The quantitative estimate of drug-likeness (QED) is 0.0944. The highest BCUT2D eigenvalue weighted by Gasteiger charge is 2.53. The number of β-lactam (4-membered cyclic amide) rings is 1. The third-order valence-electron chi connectivity index (χ3n) is 5.69. The van der Waals surface area contributed by atoms with Crippen molar-refractivity contribution in [1.29, 1.82) is 0 Å². The molecule has 1 saturated heterocycles. The van der Waals surface area contributed by atoms with E-state index in [-0.39, 0.29) is 42.0 Å². The minimum absolute atomic E-state index is 0.000290. The van der Waals surface area contributed by atoms with E-state index in [4.69, 9.17) is 15.0 Å². The van der Waals surface area contributed by atoms with Crippen LogP contribution in [0.15, 0.2) is 32.6 Å². The number of anilines is 1. The Morgan fingerprint density at radius 2 is 2.30 bits per heavy atom. The molecule has 0 aromatic carbocycles. The van der Waals surface area contributed by atoms with Gasteiger partial charge in [0.15, 0.2) is 18.0 Å². The van der Waals surface area contributed by atoms with Crippen molar-refractivity contribution in [2.75, 3.05) is 31.4 Å². The van der Waals surface area contributed by atoms with E-state index >= 15 is 0 Å². The fourth-order valence-electron chi connectivity index (χ4n) is 3.90. The van der Waals surface area contributed by atoms with Crippen molar-refractivity contribution in [3.05, 3.63) is 39.3 Å². The molecule has 0 spiro atoms. The molecule has 2 aliphatic rings. The number of nitrogen functional groups attached to an aromatic ring is 1. The molecule has 1 fully saturated rings. The molecule has 0 radical (unpaired) electrons. The standard InChI is InChI=1S/C21H23FN6O7S2/c1-10-13(2-4-29)37-9-27(10)6-11-8-36-19-15(18(31)28(19)16(11)20(32)33)25-17(30)14(26-35-5-3-22)12-7-34-21(23)24-12/h7,9,15,19,29H,2-6,8H2,1H3,(H3-,23,24,25,30,32,33)/b26-14-/t15-,19-/m1/s1. The second kappa shape index (κ2) is 11.3. The number of hydrogen-bond acceptors (Lipinski definition) is 12. The predicted octanol–water partition coefficient (Wildman–Crippen LogP) is -1.76. The van der Waals surface area contributed by atoms with Gasteiger partial charge in [-0.1, -0.05) is 16.5 Å². The first-order valence-corrected chi connectivity index (χ1v) is 12.9. The van der Waals surface area contributed by atoms with Crippen molar-refractivity contribution in [1.82, 2.24) is 15.2 Å². The third kappa shape index (κ3) is 5.30. The van der Waals surface area contributed by atoms with Crippen molar-refractivity contribution in [3.63, 3.8) is 0 Å². The van der Waals surface area contributed by atoms with Crippen LogP contribution in [-0.4, -0.2) is 75.5 Å². The molecular weight excluding hydrogens is 531 g/mol. The van der Waals surface area contributed by atoms with Gasteiger partial charge in [-0.05, 0) is 0 Å². The van der Waals surface area contributed by atoms with E-state index in [1.807, 2.05) is 17.0 Å². The van der Waals surface area contributed by atoms with Crippen molar-refractivity contribution >= 4 is 52.6 Å². The zero-order valence-corrected chi connectivity index (χ0v) is 21.1. The maximum Gasteiger partial charge on any atom is 0.292 e. The van der Waals surface area contributed by atoms with Crippen molar-refractivity contribution in [2.45, 2.75) is 31.3 Å². The zero-order valence-electron chi connectivity index (χ0n) is 19.5. The molecule has 0 unspecified atom stereocenters. The maximum absolute atomic E-state index is 13.0. The van der Waals surface area contributed by atoms with E-state index in [2.05, 4.69) is 15.5 Å². The number of nitrogens with one attached hydrogen (secondary N) is 1. The average molecular weight is 555 g/mol. The first kappa shape index (κ1) is 26.6. The highest BCUT2D eigenvalue weighted by Crippen LogP contribution is 2.40. The summed E-state index contributed by atoms with van der Waals surface area (Å²) < 4.78 is 19.2. The topological polar surface area (TPSA) is 187 Å². The van der Waals surface area contributed by atoms with Crippen molar-refractivity contribution in [3.8, 4) is 0 Å². The van der Waals surface area contributed by atoms with Gasteiger partial charge in [-0.25, -0.2) is 4.39 Å². The van der Waals surface area contributed by atoms with Gasteiger partial charge in [-0.2, -0.15) is 9.55 Å². The lowest BCUT2D eigenvalue weighted by atomic mass is 10.0. The summed E-state index contributed by atoms with van der Waals surface area (Å²) in [6, 6.07) is -1.30. The normalized spacial score (nSPS) is 19.5. The number of oxazole rings is 1. The van der Waals surface area contributed by atoms with Gasteiger partial charge in [0, 0.05) is 31.3 Å². The number of aliphatic hydroxyl groups excluding tert-OH is 1. The van der Waals surface area contributed by atoms with Gasteiger partial charge in [0.2, 0.25) is 5.51 Å². The molecule has 0 saturated carbocycles. The molecule has 2 aromatic rings. The number of aliphatic carboxylic acids is 1. The van der Waals surface area contributed by atoms with Crippen LogP contribution in [0.1, 0.15) is 16.3 Å². The predicted molar refractivity (Wildman–Crippen MR) is 126 cm³/mol. The number of hydrogen-bond donors (Lipinski definition) is 3. The van der Waals surface area contributed by atoms with Crippen LogP contribution in [0.25, 0.3) is 0 Å². The van der Waals surface area contributed by atoms with E-state index < -0.39 is 42.5 Å². The minimum Gasteiger partial charge on any atom is -0.543 e. The number of carbonyl (C=O) groups excluding carboxylic acids is 3. The summed E-state index contributed by atoms with van der Waals surface area (Å²) in [5.74, 6) is -2.72. The Balaban J connectivity index is 1.52. The van der Waals surface area contributed by atoms with Gasteiger partial charge in [-0.15, -0.1) is 11.8 Å². The smallest absolute Gasteiger partial charge is 0.292 e. The van der Waals surface area contributed by atoms with Crippen molar-refractivity contribution in [2.24, 2.45) is 5.16 Å². The molecule has 4 rings (SSSR count). The van der Waals surface area contributed by atoms with Gasteiger partial charge in [-0.3, -0.25) is 14.5 Å². The number of oxime groups is 1. The van der Waals surface area contributed by atoms with Crippen LogP contribution < -0.4 is 20.7 Å². The average Bonchev–Trinajstić information content (AvgIpc) is 3.45. The second-order valence-electron chi connectivity index (χ2n) is 7.97. The summed E-state index contributed by atoms with van der Waals surface area (Å²) in [5.41, 5.74) is 7.96. The largest absolute Gasteiger partial charge is 0.543 e. The number of amides is 2. The lowest BCUT2D eigenvalue weighted by Crippen LogP contribution is -2.71. The van der Waals surface area contributed by atoms with Crippen molar-refractivity contribution < 1.29 is 42.8 Å². The van der Waals surface area contributed by atoms with Gasteiger partial charge in [0.05, 0.1) is 16.5 Å². The first-order chi connectivity index (χ1) is 17.8. The number of nitrogens with zero attached hydrogens (tertiary/aromatic N) is 4. The summed E-state index contributed by atoms with van der Waals surface area (Å²) in [5, 5.41) is 26.7. The third-order valence-corrected chi connectivity index (χ3v) is 8.17. The van der Waals surface area contributed by atoms with Crippen LogP contribution in [-0.2, 0) is 32.2 Å². The Morgan fingerprint density at radius 3 is 2.95 bits per heavy atom. The molecule has 4 N–H and O–H groups in total. The molecular formula is C21H23FN6O7S2. The molecule has 37 heavy (non-hydrogen) atoms. The fraction of sp³-hybridized carbons (Fsp3) is 0.429. The Morgan fingerprint density at radius 1 is 1.51 bits per heavy atom. The number of carboxylic acids is 1. The molecule has 2 aromatic heterocycles. The van der Waals surface area contributed by atoms with Crippen LogP contribution in [0.4, 0.5) is 10.4 Å². The number of nitrogens with two attached hydrogens (primary N) is 1. The lowest BCUT2D eigenvalue weighted by molar-refractivity contribution is -0.690. The zero-order chi connectivity index (χ0) is 26.7. The minimum atomic E-state index is -1.50. The number of thioether (sulfide) groups is 1. The number of aliphatic hydroxyl groups is 1. The van der Waals surface area contributed by atoms with E-state index in [1.165, 1.54) is 23.1 Å². The Hall–Kier alpha value is -3.50. The van der Waals surface area contributed by atoms with E-state index in [0.29, 0.717) is 12.0 Å². The molecule has 2 aliphatic heterocycles. The Kier molecular flexibility index (Phi) is 8.09. The number of carboxylic acid groups (broad SMARTS) is 1.